The van der Waals surface area contributed by atoms with Gasteiger partial charge in [0.15, 0.2) is 0 Å². The molecule has 0 bridgehead atoms. The molecule has 0 radical (unpaired) electrons. The van der Waals surface area contributed by atoms with Gasteiger partial charge < -0.3 is 14.8 Å². The van der Waals surface area contributed by atoms with Crippen molar-refractivity contribution in [3.63, 3.8) is 0 Å². The molecule has 0 aliphatic rings. The summed E-state index contributed by atoms with van der Waals surface area (Å²) in [6, 6.07) is 16.5. The lowest BCUT2D eigenvalue weighted by atomic mass is 10.0. The summed E-state index contributed by atoms with van der Waals surface area (Å²) in [5, 5.41) is 3.39. The van der Waals surface area contributed by atoms with Gasteiger partial charge in [0.2, 0.25) is 0 Å². The highest BCUT2D eigenvalue weighted by Crippen LogP contribution is 2.19. The van der Waals surface area contributed by atoms with Gasteiger partial charge in [-0.25, -0.2) is 0 Å². The zero-order valence-electron chi connectivity index (χ0n) is 16.5. The summed E-state index contributed by atoms with van der Waals surface area (Å²) in [6.45, 7) is 8.79. The Labute approximate surface area is 158 Å². The number of benzene rings is 2. The first-order valence-electron chi connectivity index (χ1n) is 9.88. The van der Waals surface area contributed by atoms with E-state index >= 15 is 0 Å². The molecule has 3 nitrogen and oxygen atoms in total. The van der Waals surface area contributed by atoms with Crippen molar-refractivity contribution in [3.05, 3.63) is 54.1 Å². The summed E-state index contributed by atoms with van der Waals surface area (Å²) in [5.41, 5.74) is 2.40. The lowest BCUT2D eigenvalue weighted by Crippen LogP contribution is -2.11. The quantitative estimate of drug-likeness (QED) is 0.456. The molecule has 0 heterocycles. The van der Waals surface area contributed by atoms with E-state index in [4.69, 9.17) is 9.47 Å². The summed E-state index contributed by atoms with van der Waals surface area (Å²) in [5.74, 6) is 2.39. The molecular formula is C23H33NO2. The van der Waals surface area contributed by atoms with Crippen molar-refractivity contribution in [2.24, 2.45) is 0 Å². The van der Waals surface area contributed by atoms with Crippen LogP contribution in [-0.2, 0) is 0 Å². The van der Waals surface area contributed by atoms with Crippen molar-refractivity contribution in [3.8, 4) is 11.5 Å². The van der Waals surface area contributed by atoms with Gasteiger partial charge in [-0.3, -0.25) is 0 Å². The third-order valence-electron chi connectivity index (χ3n) is 4.35. The van der Waals surface area contributed by atoms with Gasteiger partial charge in [0.05, 0.1) is 6.61 Å². The molecule has 0 fully saturated rings. The van der Waals surface area contributed by atoms with Crippen LogP contribution in [0.2, 0.25) is 0 Å². The molecular weight excluding hydrogens is 322 g/mol. The Morgan fingerprint density at radius 3 is 2.35 bits per heavy atom. The third-order valence-corrected chi connectivity index (χ3v) is 4.35. The van der Waals surface area contributed by atoms with Gasteiger partial charge in [-0.1, -0.05) is 58.2 Å². The number of hydrogen-bond acceptors (Lipinski definition) is 3. The van der Waals surface area contributed by atoms with E-state index in [2.05, 4.69) is 50.4 Å². The minimum Gasteiger partial charge on any atom is -0.494 e. The lowest BCUT2D eigenvalue weighted by molar-refractivity contribution is 0.305. The van der Waals surface area contributed by atoms with E-state index in [1.54, 1.807) is 0 Å². The lowest BCUT2D eigenvalue weighted by Gasteiger charge is -2.11. The first kappa shape index (κ1) is 20.2. The van der Waals surface area contributed by atoms with Gasteiger partial charge in [-0.05, 0) is 42.2 Å². The Morgan fingerprint density at radius 1 is 0.846 bits per heavy atom. The highest BCUT2D eigenvalue weighted by atomic mass is 16.5. The normalized spacial score (nSPS) is 10.8. The maximum Gasteiger partial charge on any atom is 0.121 e. The van der Waals surface area contributed by atoms with E-state index in [9.17, 15) is 0 Å². The van der Waals surface area contributed by atoms with Crippen LogP contribution < -0.4 is 14.8 Å². The molecule has 0 atom stereocenters. The van der Waals surface area contributed by atoms with Crippen LogP contribution >= 0.6 is 0 Å². The number of hydrogen-bond donors (Lipinski definition) is 1. The Balaban J connectivity index is 1.68. The summed E-state index contributed by atoms with van der Waals surface area (Å²) in [6.07, 6.45) is 4.90. The molecule has 2 aromatic rings. The van der Waals surface area contributed by atoms with Gasteiger partial charge in [0, 0.05) is 18.3 Å². The van der Waals surface area contributed by atoms with Gasteiger partial charge in [0.1, 0.15) is 18.1 Å². The predicted molar refractivity (Wildman–Crippen MR) is 111 cm³/mol. The van der Waals surface area contributed by atoms with E-state index in [-0.39, 0.29) is 0 Å². The summed E-state index contributed by atoms with van der Waals surface area (Å²) in [7, 11) is 0. The van der Waals surface area contributed by atoms with Crippen LogP contribution in [0.5, 0.6) is 11.5 Å². The number of unbranched alkanes of at least 4 members (excludes halogenated alkanes) is 3. The van der Waals surface area contributed by atoms with Crippen LogP contribution in [0.4, 0.5) is 5.69 Å². The Morgan fingerprint density at radius 2 is 1.62 bits per heavy atom. The fraction of sp³-hybridized carbons (Fsp3) is 0.478. The van der Waals surface area contributed by atoms with Gasteiger partial charge >= 0.3 is 0 Å². The summed E-state index contributed by atoms with van der Waals surface area (Å²) >= 11 is 0. The van der Waals surface area contributed by atoms with Crippen molar-refractivity contribution in [2.75, 3.05) is 25.1 Å². The molecule has 26 heavy (non-hydrogen) atoms. The van der Waals surface area contributed by atoms with E-state index in [0.717, 1.165) is 36.8 Å². The van der Waals surface area contributed by atoms with Crippen LogP contribution in [0.15, 0.2) is 48.5 Å². The van der Waals surface area contributed by atoms with E-state index in [0.29, 0.717) is 12.5 Å². The first-order valence-corrected chi connectivity index (χ1v) is 9.88. The second-order valence-electron chi connectivity index (χ2n) is 6.94. The molecule has 0 spiro atoms. The largest absolute Gasteiger partial charge is 0.494 e. The van der Waals surface area contributed by atoms with Crippen molar-refractivity contribution >= 4 is 5.69 Å². The van der Waals surface area contributed by atoms with Gasteiger partial charge in [0.25, 0.3) is 0 Å². The van der Waals surface area contributed by atoms with E-state index < -0.39 is 0 Å². The number of nitrogens with one attached hydrogen (secondary N) is 1. The zero-order chi connectivity index (χ0) is 18.6. The average Bonchev–Trinajstić information content (AvgIpc) is 2.66. The Hall–Kier alpha value is -2.16. The number of anilines is 1. The fourth-order valence-electron chi connectivity index (χ4n) is 2.73. The molecule has 0 unspecified atom stereocenters. The fourth-order valence-corrected chi connectivity index (χ4v) is 2.73. The van der Waals surface area contributed by atoms with E-state index in [1.165, 1.54) is 24.8 Å². The van der Waals surface area contributed by atoms with Crippen LogP contribution in [0, 0.1) is 0 Å². The van der Waals surface area contributed by atoms with Crippen LogP contribution in [0.25, 0.3) is 0 Å². The molecule has 0 saturated carbocycles. The van der Waals surface area contributed by atoms with Crippen molar-refractivity contribution < 1.29 is 9.47 Å². The maximum atomic E-state index is 5.83. The topological polar surface area (TPSA) is 30.5 Å². The third kappa shape index (κ3) is 7.38. The first-order chi connectivity index (χ1) is 12.7. The van der Waals surface area contributed by atoms with Crippen molar-refractivity contribution in [2.45, 2.75) is 52.4 Å². The Kier molecular flexibility index (Phi) is 8.88. The van der Waals surface area contributed by atoms with Crippen molar-refractivity contribution in [1.82, 2.24) is 0 Å². The van der Waals surface area contributed by atoms with Crippen LogP contribution in [0.1, 0.15) is 57.9 Å². The number of ether oxygens (including phenoxy) is 2. The Bertz CT molecular complexity index is 622. The number of rotatable bonds is 12. The zero-order valence-corrected chi connectivity index (χ0v) is 16.5. The molecule has 2 rings (SSSR count). The summed E-state index contributed by atoms with van der Waals surface area (Å²) in [4.78, 5) is 0. The second-order valence-corrected chi connectivity index (χ2v) is 6.94. The SMILES string of the molecule is CCCCCCOc1cccc(NCCOc2ccc(C(C)C)cc2)c1. The molecule has 0 saturated heterocycles. The van der Waals surface area contributed by atoms with Gasteiger partial charge in [-0.2, -0.15) is 0 Å². The monoisotopic (exact) mass is 355 g/mol. The minimum atomic E-state index is 0.548. The average molecular weight is 356 g/mol. The standard InChI is InChI=1S/C23H33NO2/c1-4-5-6-7-16-25-23-10-8-9-21(18-23)24-15-17-26-22-13-11-20(12-14-22)19(2)3/h8-14,18-19,24H,4-7,15-17H2,1-3H3. The van der Waals surface area contributed by atoms with Crippen LogP contribution in [0.3, 0.4) is 0 Å². The van der Waals surface area contributed by atoms with Crippen molar-refractivity contribution in [1.29, 1.82) is 0 Å². The van der Waals surface area contributed by atoms with Gasteiger partial charge in [-0.15, -0.1) is 0 Å². The highest BCUT2D eigenvalue weighted by Gasteiger charge is 2.00. The molecule has 1 N–H and O–H groups in total. The predicted octanol–water partition coefficient (Wildman–Crippen LogP) is 6.26. The summed E-state index contributed by atoms with van der Waals surface area (Å²) < 4.78 is 11.6. The minimum absolute atomic E-state index is 0.548. The highest BCUT2D eigenvalue weighted by molar-refractivity contribution is 5.48. The molecule has 3 heteroatoms. The molecule has 0 amide bonds. The molecule has 142 valence electrons. The molecule has 2 aromatic carbocycles. The smallest absolute Gasteiger partial charge is 0.121 e. The maximum absolute atomic E-state index is 5.83. The molecule has 0 aliphatic heterocycles. The second kappa shape index (κ2) is 11.5. The molecule has 0 aromatic heterocycles. The molecule has 0 aliphatic carbocycles. The van der Waals surface area contributed by atoms with Crippen LogP contribution in [-0.4, -0.2) is 19.8 Å². The van der Waals surface area contributed by atoms with E-state index in [1.807, 2.05) is 24.3 Å².